The lowest BCUT2D eigenvalue weighted by Crippen LogP contribution is -2.52. The molecular weight excluding hydrogens is 244 g/mol. The second kappa shape index (κ2) is 8.87. The van der Waals surface area contributed by atoms with Gasteiger partial charge in [-0.15, -0.1) is 0 Å². The fraction of sp³-hybridized carbons (Fsp3) is 1.00. The minimum atomic E-state index is -0.464. The third-order valence-corrected chi connectivity index (χ3v) is 3.86. The predicted octanol–water partition coefficient (Wildman–Crippen LogP) is 0.601. The van der Waals surface area contributed by atoms with Crippen LogP contribution in [0.15, 0.2) is 0 Å². The molecule has 0 bridgehead atoms. The van der Waals surface area contributed by atoms with Gasteiger partial charge in [0.2, 0.25) is 0 Å². The van der Waals surface area contributed by atoms with Gasteiger partial charge in [-0.3, -0.25) is 4.90 Å². The number of ether oxygens (including phenoxy) is 2. The maximum atomic E-state index is 10.1. The number of aliphatic hydroxyl groups is 1. The van der Waals surface area contributed by atoms with Gasteiger partial charge in [-0.1, -0.05) is 6.42 Å². The molecule has 0 radical (unpaired) electrons. The van der Waals surface area contributed by atoms with Crippen molar-refractivity contribution in [3.8, 4) is 0 Å². The van der Waals surface area contributed by atoms with E-state index in [0.717, 1.165) is 6.42 Å². The minimum Gasteiger partial charge on any atom is -0.389 e. The maximum Gasteiger partial charge on any atom is 0.0900 e. The van der Waals surface area contributed by atoms with E-state index in [0.29, 0.717) is 38.4 Å². The number of nitrogens with zero attached hydrogens (tertiary/aromatic N) is 1. The summed E-state index contributed by atoms with van der Waals surface area (Å²) in [6, 6.07) is 0.892. The molecule has 5 heteroatoms. The van der Waals surface area contributed by atoms with Gasteiger partial charge in [-0.25, -0.2) is 0 Å². The predicted molar refractivity (Wildman–Crippen MR) is 76.2 cm³/mol. The Morgan fingerprint density at radius 3 is 2.74 bits per heavy atom. The van der Waals surface area contributed by atoms with Crippen LogP contribution in [0.3, 0.4) is 0 Å². The SMILES string of the molecule is COCC(C)OCC(O)CN1C(C)CCCC1CN. The molecule has 1 aliphatic rings. The van der Waals surface area contributed by atoms with Crippen molar-refractivity contribution in [1.29, 1.82) is 0 Å². The topological polar surface area (TPSA) is 68.0 Å². The largest absolute Gasteiger partial charge is 0.389 e. The smallest absolute Gasteiger partial charge is 0.0900 e. The Balaban J connectivity index is 2.34. The van der Waals surface area contributed by atoms with E-state index < -0.39 is 6.10 Å². The van der Waals surface area contributed by atoms with Crippen molar-refractivity contribution in [3.05, 3.63) is 0 Å². The van der Waals surface area contributed by atoms with Gasteiger partial charge in [0, 0.05) is 32.3 Å². The van der Waals surface area contributed by atoms with Crippen LogP contribution in [0, 0.1) is 0 Å². The number of hydrogen-bond donors (Lipinski definition) is 2. The van der Waals surface area contributed by atoms with E-state index >= 15 is 0 Å². The number of methoxy groups -OCH3 is 1. The highest BCUT2D eigenvalue weighted by atomic mass is 16.5. The average molecular weight is 274 g/mol. The van der Waals surface area contributed by atoms with E-state index in [-0.39, 0.29) is 6.10 Å². The van der Waals surface area contributed by atoms with Crippen LogP contribution in [0.5, 0.6) is 0 Å². The maximum absolute atomic E-state index is 10.1. The van der Waals surface area contributed by atoms with Crippen molar-refractivity contribution in [2.24, 2.45) is 5.73 Å². The summed E-state index contributed by atoms with van der Waals surface area (Å²) < 4.78 is 10.6. The van der Waals surface area contributed by atoms with Crippen LogP contribution < -0.4 is 5.73 Å². The molecule has 1 saturated heterocycles. The van der Waals surface area contributed by atoms with Gasteiger partial charge in [-0.05, 0) is 26.7 Å². The van der Waals surface area contributed by atoms with Crippen molar-refractivity contribution in [3.63, 3.8) is 0 Å². The van der Waals surface area contributed by atoms with Crippen molar-refractivity contribution in [2.75, 3.05) is 33.4 Å². The Bertz CT molecular complexity index is 241. The summed E-state index contributed by atoms with van der Waals surface area (Å²) >= 11 is 0. The van der Waals surface area contributed by atoms with Crippen molar-refractivity contribution in [2.45, 2.75) is 57.4 Å². The Labute approximate surface area is 117 Å². The van der Waals surface area contributed by atoms with Gasteiger partial charge in [0.25, 0.3) is 0 Å². The number of nitrogens with two attached hydrogens (primary N) is 1. The van der Waals surface area contributed by atoms with Gasteiger partial charge >= 0.3 is 0 Å². The molecule has 1 heterocycles. The van der Waals surface area contributed by atoms with E-state index in [9.17, 15) is 5.11 Å². The fourth-order valence-corrected chi connectivity index (χ4v) is 2.78. The molecule has 3 N–H and O–H groups in total. The average Bonchev–Trinajstić information content (AvgIpc) is 2.39. The summed E-state index contributed by atoms with van der Waals surface area (Å²) in [5.41, 5.74) is 5.82. The number of piperidine rings is 1. The van der Waals surface area contributed by atoms with E-state index in [4.69, 9.17) is 15.2 Å². The molecule has 4 atom stereocenters. The first kappa shape index (κ1) is 16.9. The molecule has 0 saturated carbocycles. The zero-order valence-corrected chi connectivity index (χ0v) is 12.5. The van der Waals surface area contributed by atoms with Gasteiger partial charge in [0.1, 0.15) is 0 Å². The first-order chi connectivity index (χ1) is 9.08. The molecule has 4 unspecified atom stereocenters. The Kier molecular flexibility index (Phi) is 7.87. The first-order valence-corrected chi connectivity index (χ1v) is 7.32. The molecule has 0 aromatic carbocycles. The molecule has 0 spiro atoms. The first-order valence-electron chi connectivity index (χ1n) is 7.32. The molecule has 5 nitrogen and oxygen atoms in total. The zero-order valence-electron chi connectivity index (χ0n) is 12.5. The van der Waals surface area contributed by atoms with Gasteiger partial charge in [0.15, 0.2) is 0 Å². The van der Waals surface area contributed by atoms with Crippen molar-refractivity contribution in [1.82, 2.24) is 4.90 Å². The molecule has 0 aromatic heterocycles. The zero-order chi connectivity index (χ0) is 14.3. The number of hydrogen-bond acceptors (Lipinski definition) is 5. The third-order valence-electron chi connectivity index (χ3n) is 3.86. The second-order valence-electron chi connectivity index (χ2n) is 5.62. The Morgan fingerprint density at radius 1 is 1.37 bits per heavy atom. The highest BCUT2D eigenvalue weighted by Gasteiger charge is 2.28. The lowest BCUT2D eigenvalue weighted by atomic mass is 9.96. The van der Waals surface area contributed by atoms with E-state index in [1.807, 2.05) is 6.92 Å². The molecule has 0 amide bonds. The molecule has 19 heavy (non-hydrogen) atoms. The molecule has 1 aliphatic heterocycles. The normalized spacial score (nSPS) is 28.3. The standard InChI is InChI=1S/C14H30N2O3/c1-11-5-4-6-13(7-15)16(11)8-14(17)10-19-12(2)9-18-3/h11-14,17H,4-10,15H2,1-3H3. The Hall–Kier alpha value is -0.200. The van der Waals surface area contributed by atoms with Crippen LogP contribution >= 0.6 is 0 Å². The fourth-order valence-electron chi connectivity index (χ4n) is 2.78. The number of likely N-dealkylation sites (tertiary alicyclic amines) is 1. The quantitative estimate of drug-likeness (QED) is 0.678. The molecule has 1 fully saturated rings. The highest BCUT2D eigenvalue weighted by Crippen LogP contribution is 2.22. The number of rotatable bonds is 8. The Morgan fingerprint density at radius 2 is 2.11 bits per heavy atom. The van der Waals surface area contributed by atoms with E-state index in [1.165, 1.54) is 12.8 Å². The van der Waals surface area contributed by atoms with Crippen LogP contribution in [0.4, 0.5) is 0 Å². The summed E-state index contributed by atoms with van der Waals surface area (Å²) in [5.74, 6) is 0. The lowest BCUT2D eigenvalue weighted by molar-refractivity contribution is -0.0501. The van der Waals surface area contributed by atoms with Crippen molar-refractivity contribution >= 4 is 0 Å². The number of β-amino-alcohol motifs (C(OH)–C–C–N with tert-alkyl or cyclic N) is 1. The summed E-state index contributed by atoms with van der Waals surface area (Å²) in [6.07, 6.45) is 3.10. The van der Waals surface area contributed by atoms with E-state index in [1.54, 1.807) is 7.11 Å². The second-order valence-corrected chi connectivity index (χ2v) is 5.62. The number of aliphatic hydroxyl groups excluding tert-OH is 1. The van der Waals surface area contributed by atoms with Gasteiger partial charge in [-0.2, -0.15) is 0 Å². The summed E-state index contributed by atoms with van der Waals surface area (Å²) in [7, 11) is 1.65. The molecular formula is C14H30N2O3. The van der Waals surface area contributed by atoms with Gasteiger partial charge in [0.05, 0.1) is 25.4 Å². The summed E-state index contributed by atoms with van der Waals surface area (Å²) in [5, 5.41) is 10.1. The monoisotopic (exact) mass is 274 g/mol. The van der Waals surface area contributed by atoms with Crippen LogP contribution in [0.2, 0.25) is 0 Å². The molecule has 1 rings (SSSR count). The van der Waals surface area contributed by atoms with Gasteiger partial charge < -0.3 is 20.3 Å². The van der Waals surface area contributed by atoms with Crippen LogP contribution in [0.1, 0.15) is 33.1 Å². The van der Waals surface area contributed by atoms with Crippen LogP contribution in [-0.2, 0) is 9.47 Å². The third kappa shape index (κ3) is 5.75. The molecule has 0 aromatic rings. The lowest BCUT2D eigenvalue weighted by Gasteiger charge is -2.41. The highest BCUT2D eigenvalue weighted by molar-refractivity contribution is 4.84. The van der Waals surface area contributed by atoms with Crippen LogP contribution in [0.25, 0.3) is 0 Å². The van der Waals surface area contributed by atoms with E-state index in [2.05, 4.69) is 11.8 Å². The van der Waals surface area contributed by atoms with Crippen LogP contribution in [-0.4, -0.2) is 67.7 Å². The minimum absolute atomic E-state index is 0.0173. The summed E-state index contributed by atoms with van der Waals surface area (Å²) in [6.45, 7) is 6.37. The molecule has 114 valence electrons. The summed E-state index contributed by atoms with van der Waals surface area (Å²) in [4.78, 5) is 2.33. The molecule has 0 aliphatic carbocycles. The van der Waals surface area contributed by atoms with Crippen molar-refractivity contribution < 1.29 is 14.6 Å².